The van der Waals surface area contributed by atoms with Gasteiger partial charge in [0.2, 0.25) is 3.79 Å². The lowest BCUT2D eigenvalue weighted by Crippen LogP contribution is -2.46. The van der Waals surface area contributed by atoms with E-state index in [0.29, 0.717) is 6.42 Å². The Balaban J connectivity index is 1.65. The van der Waals surface area contributed by atoms with Gasteiger partial charge in [-0.15, -0.1) is 6.58 Å². The number of amides is 1. The fourth-order valence-electron chi connectivity index (χ4n) is 5.26. The van der Waals surface area contributed by atoms with Crippen LogP contribution in [0.15, 0.2) is 61.2 Å². The molecule has 3 rings (SSSR count). The quantitative estimate of drug-likeness (QED) is 0.0918. The van der Waals surface area contributed by atoms with Gasteiger partial charge in [-0.1, -0.05) is 117 Å². The first-order valence-electron chi connectivity index (χ1n) is 14.6. The molecular weight excluding hydrogens is 629 g/mol. The van der Waals surface area contributed by atoms with Crippen LogP contribution < -0.4 is 0 Å². The molecule has 8 nitrogen and oxygen atoms in total. The van der Waals surface area contributed by atoms with Crippen molar-refractivity contribution in [3.63, 3.8) is 0 Å². The van der Waals surface area contributed by atoms with Crippen molar-refractivity contribution < 1.29 is 33.3 Å². The second-order valence-corrected chi connectivity index (χ2v) is 13.6. The summed E-state index contributed by atoms with van der Waals surface area (Å²) >= 11 is 17.0. The van der Waals surface area contributed by atoms with Gasteiger partial charge in [0.25, 0.3) is 0 Å². The maximum atomic E-state index is 13.4. The molecule has 240 valence electrons. The average molecular weight is 669 g/mol. The van der Waals surface area contributed by atoms with Gasteiger partial charge >= 0.3 is 18.2 Å². The van der Waals surface area contributed by atoms with Gasteiger partial charge in [-0.3, -0.25) is 4.90 Å². The van der Waals surface area contributed by atoms with E-state index in [9.17, 15) is 14.4 Å². The monoisotopic (exact) mass is 667 g/mol. The summed E-state index contributed by atoms with van der Waals surface area (Å²) in [6, 6.07) is 15.2. The molecule has 0 saturated heterocycles. The lowest BCUT2D eigenvalue weighted by atomic mass is 9.86. The summed E-state index contributed by atoms with van der Waals surface area (Å²) in [5, 5.41) is 0. The molecule has 1 aliphatic rings. The zero-order valence-corrected chi connectivity index (χ0v) is 27.9. The smallest absolute Gasteiger partial charge is 0.460 e. The molecule has 0 fully saturated rings. The normalized spacial score (nSPS) is 15.9. The largest absolute Gasteiger partial charge is 0.508 e. The van der Waals surface area contributed by atoms with Crippen LogP contribution >= 0.6 is 34.8 Å². The fourth-order valence-corrected chi connectivity index (χ4v) is 5.43. The number of halogens is 3. The molecule has 0 saturated carbocycles. The van der Waals surface area contributed by atoms with Crippen LogP contribution in [0.2, 0.25) is 0 Å². The van der Waals surface area contributed by atoms with E-state index in [1.165, 1.54) is 11.9 Å². The number of esters is 1. The summed E-state index contributed by atoms with van der Waals surface area (Å²) in [6.45, 7) is 10.7. The number of hydrogen-bond donors (Lipinski definition) is 0. The van der Waals surface area contributed by atoms with Gasteiger partial charge in [0, 0.05) is 25.3 Å². The second kappa shape index (κ2) is 15.9. The van der Waals surface area contributed by atoms with E-state index < -0.39 is 52.8 Å². The molecule has 0 unspecified atom stereocenters. The number of fused-ring (bicyclic) bond motifs is 3. The minimum absolute atomic E-state index is 0.103. The summed E-state index contributed by atoms with van der Waals surface area (Å²) < 4.78 is 20.3. The highest BCUT2D eigenvalue weighted by atomic mass is 35.6. The number of alkyl halides is 3. The van der Waals surface area contributed by atoms with E-state index in [1.54, 1.807) is 19.9 Å². The van der Waals surface area contributed by atoms with Gasteiger partial charge in [-0.25, -0.2) is 14.4 Å². The summed E-state index contributed by atoms with van der Waals surface area (Å²) in [7, 11) is 1.50. The summed E-state index contributed by atoms with van der Waals surface area (Å²) in [6.07, 6.45) is -0.524. The number of ether oxygens (including phenoxy) is 4. The van der Waals surface area contributed by atoms with Crippen LogP contribution in [0.3, 0.4) is 0 Å². The van der Waals surface area contributed by atoms with Crippen LogP contribution in [0.25, 0.3) is 11.1 Å². The Morgan fingerprint density at radius 3 is 2.05 bits per heavy atom. The molecule has 0 heterocycles. The fraction of sp³-hybridized carbons (Fsp3) is 0.485. The highest BCUT2D eigenvalue weighted by Crippen LogP contribution is 2.44. The number of rotatable bonds is 13. The third kappa shape index (κ3) is 9.05. The zero-order valence-electron chi connectivity index (χ0n) is 25.6. The van der Waals surface area contributed by atoms with Gasteiger partial charge in [0.1, 0.15) is 31.5 Å². The van der Waals surface area contributed by atoms with E-state index >= 15 is 0 Å². The number of nitrogens with zero attached hydrogens (tertiary/aromatic N) is 1. The van der Waals surface area contributed by atoms with Gasteiger partial charge in [-0.2, -0.15) is 0 Å². The first kappa shape index (κ1) is 35.5. The highest BCUT2D eigenvalue weighted by molar-refractivity contribution is 6.67. The molecule has 0 aliphatic heterocycles. The SMILES string of the molecule is C=CC[C@H](OC(=O)OCC(Cl)(Cl)Cl)[C@H](C)[C@@H](OC(=O)[C@H](C)N(C)C(=O)OCC1c2ccccc2-c2ccccc21)[C@@H](C)CC. The molecule has 1 amide bonds. The molecule has 0 spiro atoms. The van der Waals surface area contributed by atoms with E-state index in [0.717, 1.165) is 22.3 Å². The molecule has 2 aromatic rings. The Labute approximate surface area is 274 Å². The molecular formula is C33H40Cl3NO7. The molecule has 0 aromatic heterocycles. The minimum Gasteiger partial charge on any atom is -0.460 e. The van der Waals surface area contributed by atoms with Crippen LogP contribution in [0.4, 0.5) is 9.59 Å². The Morgan fingerprint density at radius 1 is 0.955 bits per heavy atom. The predicted molar refractivity (Wildman–Crippen MR) is 172 cm³/mol. The number of carbonyl (C=O) groups is 3. The first-order valence-corrected chi connectivity index (χ1v) is 15.7. The molecule has 44 heavy (non-hydrogen) atoms. The minimum atomic E-state index is -1.79. The average Bonchev–Trinajstić information content (AvgIpc) is 3.32. The van der Waals surface area contributed by atoms with Crippen molar-refractivity contribution in [2.75, 3.05) is 20.3 Å². The molecule has 5 atom stereocenters. The topological polar surface area (TPSA) is 91.4 Å². The van der Waals surface area contributed by atoms with Crippen LogP contribution in [0.5, 0.6) is 0 Å². The Hall–Kier alpha value is -2.94. The third-order valence-corrected chi connectivity index (χ3v) is 8.44. The van der Waals surface area contributed by atoms with Crippen molar-refractivity contribution in [1.82, 2.24) is 4.90 Å². The lowest BCUT2D eigenvalue weighted by Gasteiger charge is -2.34. The van der Waals surface area contributed by atoms with Crippen molar-refractivity contribution in [2.24, 2.45) is 11.8 Å². The summed E-state index contributed by atoms with van der Waals surface area (Å²) in [5.74, 6) is -1.29. The maximum absolute atomic E-state index is 13.4. The standard InChI is InChI=1S/C33H40Cl3NO7/c1-7-13-28(43-32(40)42-19-33(34,35)36)21(4)29(20(3)8-2)44-30(38)22(5)37(6)31(39)41-18-27-25-16-11-9-14-23(25)24-15-10-12-17-26(24)27/h7,9-12,14-17,20-22,27-29H,1,8,13,18-19H2,2-6H3/t20-,21-,22-,28-,29-/m0/s1. The van der Waals surface area contributed by atoms with Crippen LogP contribution in [-0.2, 0) is 23.7 Å². The van der Waals surface area contributed by atoms with Crippen LogP contribution in [0, 0.1) is 11.8 Å². The molecule has 11 heteroatoms. The predicted octanol–water partition coefficient (Wildman–Crippen LogP) is 8.32. The van der Waals surface area contributed by atoms with Crippen molar-refractivity contribution >= 4 is 53.0 Å². The summed E-state index contributed by atoms with van der Waals surface area (Å²) in [4.78, 5) is 40.0. The molecule has 2 aromatic carbocycles. The summed E-state index contributed by atoms with van der Waals surface area (Å²) in [5.41, 5.74) is 4.43. The number of carbonyl (C=O) groups excluding carboxylic acids is 3. The van der Waals surface area contributed by atoms with Gasteiger partial charge in [-0.05, 0) is 35.1 Å². The van der Waals surface area contributed by atoms with Crippen molar-refractivity contribution in [1.29, 1.82) is 0 Å². The lowest BCUT2D eigenvalue weighted by molar-refractivity contribution is -0.162. The molecule has 0 N–H and O–H groups in total. The Morgan fingerprint density at radius 2 is 1.52 bits per heavy atom. The van der Waals surface area contributed by atoms with Crippen LogP contribution in [-0.4, -0.2) is 65.4 Å². The van der Waals surface area contributed by atoms with E-state index in [2.05, 4.69) is 18.7 Å². The molecule has 1 aliphatic carbocycles. The van der Waals surface area contributed by atoms with Crippen molar-refractivity contribution in [3.05, 3.63) is 72.3 Å². The van der Waals surface area contributed by atoms with E-state index in [-0.39, 0.29) is 24.9 Å². The Kier molecular flexibility index (Phi) is 12.8. The number of hydrogen-bond acceptors (Lipinski definition) is 7. The first-order chi connectivity index (χ1) is 20.8. The van der Waals surface area contributed by atoms with Gasteiger partial charge in [0.05, 0.1) is 0 Å². The zero-order chi connectivity index (χ0) is 32.6. The van der Waals surface area contributed by atoms with Gasteiger partial charge < -0.3 is 18.9 Å². The van der Waals surface area contributed by atoms with E-state index in [1.807, 2.05) is 50.2 Å². The third-order valence-electron chi connectivity index (χ3n) is 8.11. The van der Waals surface area contributed by atoms with Crippen molar-refractivity contribution in [2.45, 2.75) is 68.5 Å². The Bertz CT molecular complexity index is 1270. The molecule has 0 bridgehead atoms. The molecule has 0 radical (unpaired) electrons. The highest BCUT2D eigenvalue weighted by Gasteiger charge is 2.37. The second-order valence-electron chi connectivity index (χ2n) is 11.1. The van der Waals surface area contributed by atoms with E-state index in [4.69, 9.17) is 53.8 Å². The maximum Gasteiger partial charge on any atom is 0.508 e. The van der Waals surface area contributed by atoms with Gasteiger partial charge in [0.15, 0.2) is 0 Å². The number of benzene rings is 2. The van der Waals surface area contributed by atoms with Crippen molar-refractivity contribution in [3.8, 4) is 11.1 Å². The number of likely N-dealkylation sites (N-methyl/N-ethyl adjacent to an activating group) is 1. The van der Waals surface area contributed by atoms with Crippen LogP contribution in [0.1, 0.15) is 57.6 Å².